The van der Waals surface area contributed by atoms with Crippen molar-refractivity contribution in [3.8, 4) is 11.4 Å². The van der Waals surface area contributed by atoms with Gasteiger partial charge >= 0.3 is 0 Å². The number of nitrogens with zero attached hydrogens (tertiary/aromatic N) is 4. The van der Waals surface area contributed by atoms with Crippen molar-refractivity contribution in [2.45, 2.75) is 26.3 Å². The second kappa shape index (κ2) is 8.06. The molecule has 128 valence electrons. The Hall–Kier alpha value is -1.21. The zero-order valence-electron chi connectivity index (χ0n) is 13.3. The number of halogens is 2. The van der Waals surface area contributed by atoms with E-state index >= 15 is 0 Å². The smallest absolute Gasteiger partial charge is 0.244 e. The summed E-state index contributed by atoms with van der Waals surface area (Å²) in [5.41, 5.74) is 6.93. The van der Waals surface area contributed by atoms with E-state index in [1.54, 1.807) is 12.4 Å². The van der Waals surface area contributed by atoms with Crippen molar-refractivity contribution in [1.82, 2.24) is 20.0 Å². The van der Waals surface area contributed by atoms with Gasteiger partial charge in [0.05, 0.1) is 6.04 Å². The Morgan fingerprint density at radius 1 is 1.43 bits per heavy atom. The highest BCUT2D eigenvalue weighted by molar-refractivity contribution is 5.85. The van der Waals surface area contributed by atoms with Gasteiger partial charge in [0.15, 0.2) is 0 Å². The number of hydrogen-bond acceptors (Lipinski definition) is 6. The molecule has 0 aliphatic carbocycles. The molecule has 0 aromatic carbocycles. The van der Waals surface area contributed by atoms with Crippen LogP contribution in [0.5, 0.6) is 0 Å². The molecule has 8 heteroatoms. The van der Waals surface area contributed by atoms with Gasteiger partial charge in [-0.1, -0.05) is 12.1 Å². The second-order valence-corrected chi connectivity index (χ2v) is 6.11. The van der Waals surface area contributed by atoms with Gasteiger partial charge < -0.3 is 10.3 Å². The van der Waals surface area contributed by atoms with Gasteiger partial charge in [0.1, 0.15) is 0 Å². The van der Waals surface area contributed by atoms with Gasteiger partial charge in [0.25, 0.3) is 0 Å². The van der Waals surface area contributed by atoms with Crippen LogP contribution in [0, 0.1) is 5.41 Å². The molecule has 2 aromatic heterocycles. The molecular formula is C15H23Cl2N5O. The number of rotatable bonds is 4. The van der Waals surface area contributed by atoms with Crippen molar-refractivity contribution >= 4 is 24.8 Å². The standard InChI is InChI=1S/C15H21N5O.2ClH/c1-11(20-7-5-15(2,9-16)10-20)14-18-13(19-21-14)12-4-3-6-17-8-12;;/h3-4,6,8,11H,5,7,9-10,16H2,1-2H3;2*1H. The summed E-state index contributed by atoms with van der Waals surface area (Å²) in [6.45, 7) is 7.02. The van der Waals surface area contributed by atoms with Crippen molar-refractivity contribution in [2.24, 2.45) is 11.1 Å². The van der Waals surface area contributed by atoms with Crippen LogP contribution >= 0.6 is 24.8 Å². The molecule has 0 radical (unpaired) electrons. The molecule has 2 N–H and O–H groups in total. The minimum Gasteiger partial charge on any atom is -0.337 e. The maximum Gasteiger partial charge on any atom is 0.244 e. The van der Waals surface area contributed by atoms with Crippen LogP contribution in [0.4, 0.5) is 0 Å². The van der Waals surface area contributed by atoms with Gasteiger partial charge in [-0.25, -0.2) is 0 Å². The average Bonchev–Trinajstić information content (AvgIpc) is 3.15. The summed E-state index contributed by atoms with van der Waals surface area (Å²) in [5.74, 6) is 1.24. The molecule has 1 fully saturated rings. The van der Waals surface area contributed by atoms with Crippen LogP contribution in [0.1, 0.15) is 32.2 Å². The van der Waals surface area contributed by atoms with E-state index in [2.05, 4.69) is 33.9 Å². The molecule has 2 unspecified atom stereocenters. The van der Waals surface area contributed by atoms with Crippen LogP contribution in [-0.2, 0) is 0 Å². The van der Waals surface area contributed by atoms with E-state index in [9.17, 15) is 0 Å². The summed E-state index contributed by atoms with van der Waals surface area (Å²) in [4.78, 5) is 10.9. The maximum atomic E-state index is 5.86. The normalized spacial score (nSPS) is 22.2. The Labute approximate surface area is 148 Å². The molecular weight excluding hydrogens is 337 g/mol. The third-order valence-electron chi connectivity index (χ3n) is 4.35. The zero-order chi connectivity index (χ0) is 14.9. The molecule has 0 bridgehead atoms. The Bertz CT molecular complexity index is 609. The minimum absolute atomic E-state index is 0. The zero-order valence-corrected chi connectivity index (χ0v) is 14.9. The fourth-order valence-electron chi connectivity index (χ4n) is 2.73. The van der Waals surface area contributed by atoms with Gasteiger partial charge in [-0.15, -0.1) is 24.8 Å². The fraction of sp³-hybridized carbons (Fsp3) is 0.533. The van der Waals surface area contributed by atoms with E-state index < -0.39 is 0 Å². The molecule has 1 saturated heterocycles. The first-order chi connectivity index (χ1) is 10.1. The first-order valence-corrected chi connectivity index (χ1v) is 7.29. The fourth-order valence-corrected chi connectivity index (χ4v) is 2.73. The van der Waals surface area contributed by atoms with Gasteiger partial charge in [-0.2, -0.15) is 4.98 Å². The molecule has 6 nitrogen and oxygen atoms in total. The van der Waals surface area contributed by atoms with Crippen LogP contribution in [-0.4, -0.2) is 39.7 Å². The van der Waals surface area contributed by atoms with E-state index in [0.29, 0.717) is 18.3 Å². The van der Waals surface area contributed by atoms with Crippen molar-refractivity contribution in [3.63, 3.8) is 0 Å². The summed E-state index contributed by atoms with van der Waals surface area (Å²) in [6, 6.07) is 3.89. The number of likely N-dealkylation sites (tertiary alicyclic amines) is 1. The Kier molecular flexibility index (Phi) is 6.95. The van der Waals surface area contributed by atoms with E-state index in [-0.39, 0.29) is 36.3 Å². The molecule has 23 heavy (non-hydrogen) atoms. The van der Waals surface area contributed by atoms with Crippen molar-refractivity contribution in [3.05, 3.63) is 30.4 Å². The van der Waals surface area contributed by atoms with Crippen LogP contribution in [0.25, 0.3) is 11.4 Å². The van der Waals surface area contributed by atoms with Crippen LogP contribution < -0.4 is 5.73 Å². The molecule has 1 aliphatic rings. The molecule has 0 saturated carbocycles. The molecule has 0 spiro atoms. The third kappa shape index (κ3) is 4.20. The second-order valence-electron chi connectivity index (χ2n) is 6.11. The van der Waals surface area contributed by atoms with E-state index in [4.69, 9.17) is 10.3 Å². The number of pyridine rings is 1. The number of hydrogen-bond donors (Lipinski definition) is 1. The molecule has 3 rings (SSSR count). The quantitative estimate of drug-likeness (QED) is 0.903. The van der Waals surface area contributed by atoms with Crippen LogP contribution in [0.15, 0.2) is 29.0 Å². The van der Waals surface area contributed by atoms with Gasteiger partial charge in [-0.05, 0) is 44.0 Å². The largest absolute Gasteiger partial charge is 0.337 e. The number of aromatic nitrogens is 3. The van der Waals surface area contributed by atoms with Crippen molar-refractivity contribution in [2.75, 3.05) is 19.6 Å². The summed E-state index contributed by atoms with van der Waals surface area (Å²) < 4.78 is 5.43. The monoisotopic (exact) mass is 359 g/mol. The van der Waals surface area contributed by atoms with Gasteiger partial charge in [0, 0.05) is 24.5 Å². The molecule has 0 amide bonds. The predicted molar refractivity (Wildman–Crippen MR) is 93.8 cm³/mol. The SMILES string of the molecule is CC(c1nc(-c2cccnc2)no1)N1CCC(C)(CN)C1.Cl.Cl. The molecule has 2 atom stereocenters. The van der Waals surface area contributed by atoms with Crippen LogP contribution in [0.2, 0.25) is 0 Å². The maximum absolute atomic E-state index is 5.86. The van der Waals surface area contributed by atoms with Crippen molar-refractivity contribution < 1.29 is 4.52 Å². The van der Waals surface area contributed by atoms with Crippen LogP contribution in [0.3, 0.4) is 0 Å². The predicted octanol–water partition coefficient (Wildman–Crippen LogP) is 2.71. The van der Waals surface area contributed by atoms with Gasteiger partial charge in [0.2, 0.25) is 11.7 Å². The molecule has 1 aliphatic heterocycles. The highest BCUT2D eigenvalue weighted by atomic mass is 35.5. The highest BCUT2D eigenvalue weighted by Gasteiger charge is 2.36. The summed E-state index contributed by atoms with van der Waals surface area (Å²) in [7, 11) is 0. The van der Waals surface area contributed by atoms with E-state index in [1.165, 1.54) is 0 Å². The Morgan fingerprint density at radius 2 is 2.22 bits per heavy atom. The summed E-state index contributed by atoms with van der Waals surface area (Å²) >= 11 is 0. The van der Waals surface area contributed by atoms with E-state index in [1.807, 2.05) is 12.1 Å². The lowest BCUT2D eigenvalue weighted by molar-refractivity contribution is 0.188. The lowest BCUT2D eigenvalue weighted by Gasteiger charge is -2.25. The first-order valence-electron chi connectivity index (χ1n) is 7.29. The Balaban J connectivity index is 0.00000132. The lowest BCUT2D eigenvalue weighted by atomic mass is 9.90. The first kappa shape index (κ1) is 19.8. The minimum atomic E-state index is 0. The summed E-state index contributed by atoms with van der Waals surface area (Å²) in [5, 5.41) is 4.06. The van der Waals surface area contributed by atoms with Crippen molar-refractivity contribution in [1.29, 1.82) is 0 Å². The topological polar surface area (TPSA) is 81.1 Å². The summed E-state index contributed by atoms with van der Waals surface area (Å²) in [6.07, 6.45) is 4.57. The van der Waals surface area contributed by atoms with E-state index in [0.717, 1.165) is 25.1 Å². The average molecular weight is 360 g/mol. The highest BCUT2D eigenvalue weighted by Crippen LogP contribution is 2.34. The van der Waals surface area contributed by atoms with Gasteiger partial charge in [-0.3, -0.25) is 9.88 Å². The third-order valence-corrected chi connectivity index (χ3v) is 4.35. The Morgan fingerprint density at radius 3 is 2.83 bits per heavy atom. The number of nitrogens with two attached hydrogens (primary N) is 1. The lowest BCUT2D eigenvalue weighted by Crippen LogP contribution is -2.32. The molecule has 3 heterocycles. The molecule has 2 aromatic rings.